The molecule has 1 fully saturated rings. The van der Waals surface area contributed by atoms with Crippen molar-refractivity contribution in [3.8, 4) is 0 Å². The molecule has 0 amide bonds. The fourth-order valence-corrected chi connectivity index (χ4v) is 7.93. The Labute approximate surface area is 407 Å². The molecule has 68 heavy (non-hydrogen) atoms. The van der Waals surface area contributed by atoms with Gasteiger partial charge in [0.1, 0.15) is 43.2 Å². The molecule has 4 unspecified atom stereocenters. The Balaban J connectivity index is 2.52. The number of esters is 2. The first-order valence-electron chi connectivity index (χ1n) is 25.1. The number of hydrogen-bond acceptors (Lipinski definition) is 13. The van der Waals surface area contributed by atoms with Gasteiger partial charge in [0.05, 0.1) is 12.7 Å². The highest BCUT2D eigenvalue weighted by Gasteiger charge is 2.51. The highest BCUT2D eigenvalue weighted by Crippen LogP contribution is 2.47. The minimum absolute atomic E-state index is 0.0455. The Bertz CT molecular complexity index is 1570. The van der Waals surface area contributed by atoms with Crippen LogP contribution in [0, 0.1) is 0 Å². The minimum atomic E-state index is -5.17. The van der Waals surface area contributed by atoms with Gasteiger partial charge in [-0.25, -0.2) is 4.57 Å². The van der Waals surface area contributed by atoms with Gasteiger partial charge in [0.25, 0.3) is 0 Å². The molecular weight excluding hydrogens is 892 g/mol. The van der Waals surface area contributed by atoms with Crippen LogP contribution in [0.3, 0.4) is 0 Å². The third-order valence-electron chi connectivity index (χ3n) is 11.0. The predicted molar refractivity (Wildman–Crippen MR) is 268 cm³/mol. The first-order chi connectivity index (χ1) is 32.8. The van der Waals surface area contributed by atoms with Crippen molar-refractivity contribution in [3.05, 3.63) is 97.2 Å². The van der Waals surface area contributed by atoms with Gasteiger partial charge in [-0.3, -0.25) is 18.6 Å². The van der Waals surface area contributed by atoms with E-state index in [4.69, 9.17) is 18.5 Å². The Hall–Kier alpha value is -3.27. The van der Waals surface area contributed by atoms with Crippen LogP contribution in [-0.2, 0) is 32.7 Å². The number of allylic oxidation sites excluding steroid dienone is 14. The number of phosphoric acid groups is 1. The Morgan fingerprint density at radius 2 is 1.04 bits per heavy atom. The van der Waals surface area contributed by atoms with E-state index in [-0.39, 0.29) is 12.8 Å². The summed E-state index contributed by atoms with van der Waals surface area (Å²) < 4.78 is 33.5. The molecule has 7 N–H and O–H groups in total. The SMILES string of the molecule is CC/C=C\C/C=C\C/C=C\C/C=C\C=C/C(O)C/C=C\CCC(=O)OC[C@H](COP(=O)(O)OC1[C@H](O)[C@H](O)C(O)[C@H](O)[C@H]1O)OC(=O)CCCCCCCCCCC/C=C\C/C=C\CCCCC. The van der Waals surface area contributed by atoms with Gasteiger partial charge in [0, 0.05) is 12.8 Å². The van der Waals surface area contributed by atoms with Crippen LogP contribution in [0.5, 0.6) is 0 Å². The van der Waals surface area contributed by atoms with Gasteiger partial charge in [-0.1, -0.05) is 169 Å². The lowest BCUT2D eigenvalue weighted by atomic mass is 9.85. The van der Waals surface area contributed by atoms with Crippen LogP contribution in [0.25, 0.3) is 0 Å². The third-order valence-corrected chi connectivity index (χ3v) is 12.0. The second kappa shape index (κ2) is 41.5. The van der Waals surface area contributed by atoms with Gasteiger partial charge < -0.3 is 45.0 Å². The van der Waals surface area contributed by atoms with Crippen LogP contribution < -0.4 is 0 Å². The van der Waals surface area contributed by atoms with E-state index >= 15 is 0 Å². The van der Waals surface area contributed by atoms with Gasteiger partial charge in [0.15, 0.2) is 6.10 Å². The summed E-state index contributed by atoms with van der Waals surface area (Å²) in [6, 6.07) is 0. The molecule has 0 heterocycles. The first kappa shape index (κ1) is 62.7. The number of ether oxygens (including phenoxy) is 2. The Morgan fingerprint density at radius 1 is 0.544 bits per heavy atom. The van der Waals surface area contributed by atoms with Gasteiger partial charge in [-0.2, -0.15) is 0 Å². The van der Waals surface area contributed by atoms with Crippen LogP contribution >= 0.6 is 7.82 Å². The number of carbonyl (C=O) groups is 2. The fraction of sp³-hybridized carbons (Fsp3) is 0.660. The monoisotopic (exact) mass is 979 g/mol. The van der Waals surface area contributed by atoms with E-state index in [0.29, 0.717) is 19.3 Å². The van der Waals surface area contributed by atoms with Crippen molar-refractivity contribution in [2.45, 2.75) is 210 Å². The van der Waals surface area contributed by atoms with Crippen LogP contribution in [0.1, 0.15) is 162 Å². The van der Waals surface area contributed by atoms with Crippen molar-refractivity contribution in [1.29, 1.82) is 0 Å². The summed E-state index contributed by atoms with van der Waals surface area (Å²) in [7, 11) is -5.17. The summed E-state index contributed by atoms with van der Waals surface area (Å²) in [4.78, 5) is 35.8. The number of aliphatic hydroxyl groups is 6. The first-order valence-corrected chi connectivity index (χ1v) is 26.6. The molecule has 1 aliphatic carbocycles. The number of hydrogen-bond donors (Lipinski definition) is 7. The molecule has 0 bridgehead atoms. The maximum atomic E-state index is 12.8. The molecule has 0 aliphatic heterocycles. The lowest BCUT2D eigenvalue weighted by molar-refractivity contribution is -0.220. The van der Waals surface area contributed by atoms with Crippen LogP contribution in [0.2, 0.25) is 0 Å². The Kier molecular flexibility index (Phi) is 38.3. The zero-order valence-corrected chi connectivity index (χ0v) is 41.9. The number of phosphoric ester groups is 1. The standard InChI is InChI=1S/C53H87O14P/c1-3-5-7-9-11-13-15-17-18-19-20-21-22-24-26-28-30-32-36-41-47(56)66-45(43-65-68(62,63)67-53-51(60)49(58)48(57)50(59)52(53)61)42-64-46(55)40-37-33-35-39-44(54)38-34-31-29-27-25-23-16-14-12-10-8-6-4-2/h6,8,11-14,17-18,23,25,29,31,33-35,38,44-45,48-54,57-61H,3-5,7,9-10,15-16,19-22,24,26-28,30,32,36-37,39-43H2,1-2H3,(H,62,63)/b8-6-,13-11-,14-12-,18-17-,25-23-,31-29-,35-33-,38-34-/t44?,45-,48?,49-,50+,51-,52-,53?/m1/s1. The second-order valence-corrected chi connectivity index (χ2v) is 18.5. The molecule has 388 valence electrons. The van der Waals surface area contributed by atoms with Crippen molar-refractivity contribution in [2.24, 2.45) is 0 Å². The third kappa shape index (κ3) is 33.3. The maximum Gasteiger partial charge on any atom is 0.472 e. The summed E-state index contributed by atoms with van der Waals surface area (Å²) in [5.41, 5.74) is 0. The molecule has 0 aromatic heterocycles. The summed E-state index contributed by atoms with van der Waals surface area (Å²) in [6.45, 7) is 3.01. The molecule has 1 saturated carbocycles. The van der Waals surface area contributed by atoms with Crippen molar-refractivity contribution in [2.75, 3.05) is 13.2 Å². The van der Waals surface area contributed by atoms with Crippen molar-refractivity contribution in [1.82, 2.24) is 0 Å². The van der Waals surface area contributed by atoms with E-state index in [0.717, 1.165) is 70.6 Å². The molecule has 9 atom stereocenters. The molecule has 0 saturated heterocycles. The molecule has 0 aromatic carbocycles. The number of carbonyl (C=O) groups excluding carboxylic acids is 2. The number of rotatable bonds is 40. The fourth-order valence-electron chi connectivity index (χ4n) is 6.96. The largest absolute Gasteiger partial charge is 0.472 e. The smallest absolute Gasteiger partial charge is 0.462 e. The van der Waals surface area contributed by atoms with Crippen LogP contribution in [-0.4, -0.2) is 110 Å². The molecule has 0 spiro atoms. The highest BCUT2D eigenvalue weighted by atomic mass is 31.2. The molecule has 15 heteroatoms. The van der Waals surface area contributed by atoms with E-state index in [1.807, 2.05) is 12.2 Å². The van der Waals surface area contributed by atoms with E-state index in [1.54, 1.807) is 24.3 Å². The summed E-state index contributed by atoms with van der Waals surface area (Å²) in [5.74, 6) is -1.29. The van der Waals surface area contributed by atoms with Gasteiger partial charge >= 0.3 is 19.8 Å². The molecule has 0 radical (unpaired) electrons. The predicted octanol–water partition coefficient (Wildman–Crippen LogP) is 9.58. The summed E-state index contributed by atoms with van der Waals surface area (Å²) in [6.07, 6.45) is 39.0. The van der Waals surface area contributed by atoms with Crippen molar-refractivity contribution < 1.29 is 68.2 Å². The van der Waals surface area contributed by atoms with E-state index < -0.39 is 81.8 Å². The zero-order chi connectivity index (χ0) is 50.1. The van der Waals surface area contributed by atoms with Crippen LogP contribution in [0.15, 0.2) is 97.2 Å². The average molecular weight is 979 g/mol. The summed E-state index contributed by atoms with van der Waals surface area (Å²) in [5, 5.41) is 60.5. The molecule has 1 aliphatic rings. The highest BCUT2D eigenvalue weighted by molar-refractivity contribution is 7.47. The van der Waals surface area contributed by atoms with Gasteiger partial charge in [0.2, 0.25) is 0 Å². The normalized spacial score (nSPS) is 22.3. The van der Waals surface area contributed by atoms with E-state index in [2.05, 4.69) is 74.6 Å². The van der Waals surface area contributed by atoms with Gasteiger partial charge in [-0.05, 0) is 77.0 Å². The minimum Gasteiger partial charge on any atom is -0.462 e. The van der Waals surface area contributed by atoms with Gasteiger partial charge in [-0.15, -0.1) is 0 Å². The molecule has 0 aromatic rings. The molecule has 14 nitrogen and oxygen atoms in total. The topological polar surface area (TPSA) is 230 Å². The van der Waals surface area contributed by atoms with E-state index in [1.165, 1.54) is 44.9 Å². The number of unbranched alkanes of at least 4 members (excludes halogenated alkanes) is 12. The quantitative estimate of drug-likeness (QED) is 0.00997. The molecule has 1 rings (SSSR count). The maximum absolute atomic E-state index is 12.8. The van der Waals surface area contributed by atoms with Crippen LogP contribution in [0.4, 0.5) is 0 Å². The molecular formula is C53H87O14P. The Morgan fingerprint density at radius 3 is 1.63 bits per heavy atom. The number of aliphatic hydroxyl groups excluding tert-OH is 6. The van der Waals surface area contributed by atoms with Crippen molar-refractivity contribution >= 4 is 19.8 Å². The summed E-state index contributed by atoms with van der Waals surface area (Å²) >= 11 is 0. The second-order valence-electron chi connectivity index (χ2n) is 17.1. The lowest BCUT2D eigenvalue weighted by Gasteiger charge is -2.41. The van der Waals surface area contributed by atoms with E-state index in [9.17, 15) is 49.7 Å². The average Bonchev–Trinajstić information content (AvgIpc) is 3.32. The lowest BCUT2D eigenvalue weighted by Crippen LogP contribution is -2.64. The van der Waals surface area contributed by atoms with Crippen molar-refractivity contribution in [3.63, 3.8) is 0 Å². The zero-order valence-electron chi connectivity index (χ0n) is 41.0.